The average molecular weight is 280 g/mol. The lowest BCUT2D eigenvalue weighted by atomic mass is 10.1. The minimum absolute atomic E-state index is 0.262. The first kappa shape index (κ1) is 14.0. The van der Waals surface area contributed by atoms with E-state index in [1.807, 2.05) is 6.92 Å². The van der Waals surface area contributed by atoms with Gasteiger partial charge in [-0.25, -0.2) is 0 Å². The number of β-amino-alcohol motifs (C(OH)–C–C–N with tert-alkyl or cyclic N) is 1. The largest absolute Gasteiger partial charge is 0.392 e. The minimum Gasteiger partial charge on any atom is -0.392 e. The van der Waals surface area contributed by atoms with Crippen LogP contribution in [0, 0.1) is 0 Å². The number of hydrogen-bond acceptors (Lipinski definition) is 6. The van der Waals surface area contributed by atoms with E-state index in [0.717, 1.165) is 44.4 Å². The summed E-state index contributed by atoms with van der Waals surface area (Å²) in [4.78, 5) is 9.19. The Bertz CT molecular complexity index is 444. The molecule has 2 heterocycles. The van der Waals surface area contributed by atoms with Crippen molar-refractivity contribution in [3.05, 3.63) is 11.7 Å². The third-order valence-electron chi connectivity index (χ3n) is 4.12. The van der Waals surface area contributed by atoms with Crippen LogP contribution in [0.4, 0.5) is 0 Å². The summed E-state index contributed by atoms with van der Waals surface area (Å²) >= 11 is 0. The number of hydrogen-bond donors (Lipinski definition) is 1. The molecule has 0 amide bonds. The first-order valence-electron chi connectivity index (χ1n) is 7.58. The number of rotatable bonds is 5. The minimum atomic E-state index is -0.262. The van der Waals surface area contributed by atoms with Crippen LogP contribution in [0.2, 0.25) is 0 Å². The van der Waals surface area contributed by atoms with E-state index in [9.17, 15) is 5.11 Å². The molecule has 1 aliphatic heterocycles. The van der Waals surface area contributed by atoms with Crippen molar-refractivity contribution in [3.8, 4) is 0 Å². The number of aliphatic hydroxyl groups excluding tert-OH is 1. The number of nitrogens with zero attached hydrogens (tertiary/aromatic N) is 4. The third kappa shape index (κ3) is 3.37. The molecule has 0 aromatic carbocycles. The molecule has 1 aromatic rings. The summed E-state index contributed by atoms with van der Waals surface area (Å²) in [5.41, 5.74) is 0. The van der Waals surface area contributed by atoms with Crippen molar-refractivity contribution in [2.45, 2.75) is 51.3 Å². The Balaban J connectivity index is 1.51. The lowest BCUT2D eigenvalue weighted by molar-refractivity contribution is 0.0411. The Hall–Kier alpha value is -0.980. The Morgan fingerprint density at radius 2 is 2.20 bits per heavy atom. The Morgan fingerprint density at radius 1 is 1.40 bits per heavy atom. The summed E-state index contributed by atoms with van der Waals surface area (Å²) in [6, 6.07) is 0.452. The first-order chi connectivity index (χ1) is 9.61. The van der Waals surface area contributed by atoms with Crippen LogP contribution in [0.1, 0.15) is 44.3 Å². The summed E-state index contributed by atoms with van der Waals surface area (Å²) in [6.45, 7) is 8.54. The standard InChI is InChI=1S/C14H24N4O2/c1-10-7-17(5-6-18(10)8-11(2)19)9-13-15-14(20-16-13)12-3-4-12/h10-12,19H,3-9H2,1-2H3/t10-,11-/m1/s1. The molecule has 6 nitrogen and oxygen atoms in total. The van der Waals surface area contributed by atoms with Crippen molar-refractivity contribution in [2.24, 2.45) is 0 Å². The zero-order chi connectivity index (χ0) is 14.1. The van der Waals surface area contributed by atoms with E-state index in [1.165, 1.54) is 12.8 Å². The zero-order valence-electron chi connectivity index (χ0n) is 12.3. The van der Waals surface area contributed by atoms with E-state index in [-0.39, 0.29) is 6.10 Å². The predicted molar refractivity (Wildman–Crippen MR) is 74.3 cm³/mol. The highest BCUT2D eigenvalue weighted by Crippen LogP contribution is 2.38. The Labute approximate surface area is 119 Å². The van der Waals surface area contributed by atoms with Crippen molar-refractivity contribution in [1.29, 1.82) is 0 Å². The third-order valence-corrected chi connectivity index (χ3v) is 4.12. The van der Waals surface area contributed by atoms with E-state index in [2.05, 4.69) is 26.9 Å². The fourth-order valence-electron chi connectivity index (χ4n) is 2.85. The number of aromatic nitrogens is 2. The summed E-state index contributed by atoms with van der Waals surface area (Å²) in [5.74, 6) is 2.15. The molecular weight excluding hydrogens is 256 g/mol. The number of piperazine rings is 1. The fraction of sp³-hybridized carbons (Fsp3) is 0.857. The van der Waals surface area contributed by atoms with Gasteiger partial charge in [0.2, 0.25) is 5.89 Å². The van der Waals surface area contributed by atoms with Crippen molar-refractivity contribution in [2.75, 3.05) is 26.2 Å². The molecule has 112 valence electrons. The number of aliphatic hydroxyl groups is 1. The molecule has 2 aliphatic rings. The van der Waals surface area contributed by atoms with Gasteiger partial charge in [0, 0.05) is 38.1 Å². The zero-order valence-corrected chi connectivity index (χ0v) is 12.3. The fourth-order valence-corrected chi connectivity index (χ4v) is 2.85. The summed E-state index contributed by atoms with van der Waals surface area (Å²) in [5, 5.41) is 13.6. The van der Waals surface area contributed by atoms with Gasteiger partial charge in [-0.1, -0.05) is 5.16 Å². The smallest absolute Gasteiger partial charge is 0.229 e. The van der Waals surface area contributed by atoms with E-state index in [0.29, 0.717) is 12.0 Å². The van der Waals surface area contributed by atoms with Crippen molar-refractivity contribution in [1.82, 2.24) is 19.9 Å². The summed E-state index contributed by atoms with van der Waals surface area (Å²) in [7, 11) is 0. The molecule has 6 heteroatoms. The maximum atomic E-state index is 9.50. The van der Waals surface area contributed by atoms with Crippen LogP contribution in [-0.2, 0) is 6.54 Å². The first-order valence-corrected chi connectivity index (χ1v) is 7.58. The van der Waals surface area contributed by atoms with E-state index < -0.39 is 0 Å². The summed E-state index contributed by atoms with van der Waals surface area (Å²) < 4.78 is 5.30. The van der Waals surface area contributed by atoms with Crippen LogP contribution in [0.25, 0.3) is 0 Å². The van der Waals surface area contributed by atoms with Gasteiger partial charge in [0.1, 0.15) is 0 Å². The van der Waals surface area contributed by atoms with Gasteiger partial charge in [-0.15, -0.1) is 0 Å². The van der Waals surface area contributed by atoms with Crippen LogP contribution in [0.5, 0.6) is 0 Å². The van der Waals surface area contributed by atoms with Gasteiger partial charge in [0.25, 0.3) is 0 Å². The normalized spacial score (nSPS) is 26.9. The van der Waals surface area contributed by atoms with E-state index in [4.69, 9.17) is 4.52 Å². The molecule has 1 N–H and O–H groups in total. The lowest BCUT2D eigenvalue weighted by Gasteiger charge is -2.39. The summed E-state index contributed by atoms with van der Waals surface area (Å²) in [6.07, 6.45) is 2.12. The molecular formula is C14H24N4O2. The molecule has 1 saturated carbocycles. The second-order valence-corrected chi connectivity index (χ2v) is 6.25. The molecule has 0 radical (unpaired) electrons. The monoisotopic (exact) mass is 280 g/mol. The topological polar surface area (TPSA) is 65.6 Å². The van der Waals surface area contributed by atoms with Crippen molar-refractivity contribution >= 4 is 0 Å². The van der Waals surface area contributed by atoms with Gasteiger partial charge < -0.3 is 9.63 Å². The van der Waals surface area contributed by atoms with Crippen LogP contribution in [-0.4, -0.2) is 63.4 Å². The molecule has 1 aliphatic carbocycles. The molecule has 0 bridgehead atoms. The van der Waals surface area contributed by atoms with E-state index in [1.54, 1.807) is 0 Å². The molecule has 0 spiro atoms. The highest BCUT2D eigenvalue weighted by Gasteiger charge is 2.30. The highest BCUT2D eigenvalue weighted by molar-refractivity contribution is 5.01. The van der Waals surface area contributed by atoms with Gasteiger partial charge in [-0.2, -0.15) is 4.98 Å². The van der Waals surface area contributed by atoms with Gasteiger partial charge >= 0.3 is 0 Å². The Kier molecular flexibility index (Phi) is 4.05. The molecule has 2 atom stereocenters. The van der Waals surface area contributed by atoms with Crippen LogP contribution >= 0.6 is 0 Å². The molecule has 0 unspecified atom stereocenters. The molecule has 20 heavy (non-hydrogen) atoms. The van der Waals surface area contributed by atoms with Crippen molar-refractivity contribution in [3.63, 3.8) is 0 Å². The Morgan fingerprint density at radius 3 is 2.85 bits per heavy atom. The van der Waals surface area contributed by atoms with Gasteiger partial charge in [0.05, 0.1) is 12.6 Å². The van der Waals surface area contributed by atoms with Gasteiger partial charge in [-0.05, 0) is 26.7 Å². The average Bonchev–Trinajstić information content (AvgIpc) is 3.14. The van der Waals surface area contributed by atoms with Crippen LogP contribution in [0.15, 0.2) is 4.52 Å². The quantitative estimate of drug-likeness (QED) is 0.862. The predicted octanol–water partition coefficient (Wildman–Crippen LogP) is 0.834. The second kappa shape index (κ2) is 5.79. The van der Waals surface area contributed by atoms with Crippen LogP contribution in [0.3, 0.4) is 0 Å². The lowest BCUT2D eigenvalue weighted by Crippen LogP contribution is -2.53. The highest BCUT2D eigenvalue weighted by atomic mass is 16.5. The maximum absolute atomic E-state index is 9.50. The SMILES string of the molecule is C[C@@H]1CN(Cc2noc(C3CC3)n2)CCN1C[C@@H](C)O. The molecule has 1 saturated heterocycles. The molecule has 2 fully saturated rings. The second-order valence-electron chi connectivity index (χ2n) is 6.25. The van der Waals surface area contributed by atoms with E-state index >= 15 is 0 Å². The maximum Gasteiger partial charge on any atom is 0.229 e. The molecule has 1 aromatic heterocycles. The molecule has 3 rings (SSSR count). The van der Waals surface area contributed by atoms with Crippen molar-refractivity contribution < 1.29 is 9.63 Å². The van der Waals surface area contributed by atoms with Gasteiger partial charge in [-0.3, -0.25) is 9.80 Å². The van der Waals surface area contributed by atoms with Gasteiger partial charge in [0.15, 0.2) is 5.82 Å². The van der Waals surface area contributed by atoms with Crippen LogP contribution < -0.4 is 0 Å².